The Morgan fingerprint density at radius 1 is 1.31 bits per heavy atom. The number of anilines is 1. The largest absolute Gasteiger partial charge is 0.493 e. The summed E-state index contributed by atoms with van der Waals surface area (Å²) in [5.41, 5.74) is 2.07. The molecule has 0 atom stereocenters. The van der Waals surface area contributed by atoms with Crippen molar-refractivity contribution in [2.45, 2.75) is 6.92 Å². The maximum absolute atomic E-state index is 12.9. The Morgan fingerprint density at radius 3 is 2.69 bits per heavy atom. The van der Waals surface area contributed by atoms with Crippen LogP contribution in [0.4, 0.5) is 5.69 Å². The summed E-state index contributed by atoms with van der Waals surface area (Å²) >= 11 is 9.62. The molecule has 0 bridgehead atoms. The summed E-state index contributed by atoms with van der Waals surface area (Å²) in [4.78, 5) is 23.7. The maximum atomic E-state index is 12.9. The monoisotopic (exact) mass is 478 g/mol. The first-order chi connectivity index (χ1) is 13.8. The SMILES string of the molecule is COc1cc(C=C2C(=O)N(c3ccccc3Cl)N=C2C)c(Br)cc1OCC(=O)O. The van der Waals surface area contributed by atoms with Gasteiger partial charge in [0.15, 0.2) is 18.1 Å². The number of hydrogen-bond donors (Lipinski definition) is 1. The summed E-state index contributed by atoms with van der Waals surface area (Å²) in [6, 6.07) is 10.2. The van der Waals surface area contributed by atoms with E-state index < -0.39 is 12.6 Å². The van der Waals surface area contributed by atoms with Gasteiger partial charge in [-0.1, -0.05) is 39.7 Å². The van der Waals surface area contributed by atoms with Gasteiger partial charge in [-0.25, -0.2) is 4.79 Å². The molecule has 2 aromatic carbocycles. The number of hydrazone groups is 1. The molecule has 1 N–H and O–H groups in total. The number of halogens is 2. The van der Waals surface area contributed by atoms with E-state index in [1.807, 2.05) is 0 Å². The van der Waals surface area contributed by atoms with E-state index in [0.29, 0.717) is 37.8 Å². The molecule has 0 saturated heterocycles. The lowest BCUT2D eigenvalue weighted by Crippen LogP contribution is -2.21. The smallest absolute Gasteiger partial charge is 0.341 e. The van der Waals surface area contributed by atoms with Crippen molar-refractivity contribution >= 4 is 56.9 Å². The first kappa shape index (κ1) is 20.9. The minimum absolute atomic E-state index is 0.268. The lowest BCUT2D eigenvalue weighted by atomic mass is 10.1. The number of benzene rings is 2. The lowest BCUT2D eigenvalue weighted by Gasteiger charge is -2.13. The summed E-state index contributed by atoms with van der Waals surface area (Å²) in [6.45, 7) is 1.23. The van der Waals surface area contributed by atoms with Crippen LogP contribution in [0.3, 0.4) is 0 Å². The first-order valence-electron chi connectivity index (χ1n) is 8.40. The highest BCUT2D eigenvalue weighted by molar-refractivity contribution is 9.10. The second-order valence-corrected chi connectivity index (χ2v) is 7.28. The number of carboxylic acid groups (broad SMARTS) is 1. The number of nitrogens with zero attached hydrogens (tertiary/aromatic N) is 2. The zero-order chi connectivity index (χ0) is 21.1. The van der Waals surface area contributed by atoms with Gasteiger partial charge in [0.25, 0.3) is 5.91 Å². The molecule has 0 radical (unpaired) electrons. The van der Waals surface area contributed by atoms with Crippen molar-refractivity contribution in [2.75, 3.05) is 18.7 Å². The van der Waals surface area contributed by atoms with Crippen molar-refractivity contribution in [1.29, 1.82) is 0 Å². The predicted molar refractivity (Wildman–Crippen MR) is 114 cm³/mol. The van der Waals surface area contributed by atoms with Crippen molar-refractivity contribution in [3.05, 3.63) is 57.0 Å². The Labute approximate surface area is 180 Å². The van der Waals surface area contributed by atoms with E-state index in [4.69, 9.17) is 26.2 Å². The van der Waals surface area contributed by atoms with Gasteiger partial charge in [-0.15, -0.1) is 0 Å². The van der Waals surface area contributed by atoms with Crippen molar-refractivity contribution in [3.63, 3.8) is 0 Å². The Hall–Kier alpha value is -2.84. The van der Waals surface area contributed by atoms with Gasteiger partial charge in [0, 0.05) is 4.47 Å². The van der Waals surface area contributed by atoms with Crippen LogP contribution in [0.15, 0.2) is 51.5 Å². The fourth-order valence-corrected chi connectivity index (χ4v) is 3.35. The van der Waals surface area contributed by atoms with Gasteiger partial charge in [-0.2, -0.15) is 10.1 Å². The van der Waals surface area contributed by atoms with E-state index in [-0.39, 0.29) is 11.7 Å². The number of ether oxygens (including phenoxy) is 2. The quantitative estimate of drug-likeness (QED) is 0.621. The van der Waals surface area contributed by atoms with Crippen LogP contribution in [-0.4, -0.2) is 36.4 Å². The number of carboxylic acids is 1. The fourth-order valence-electron chi connectivity index (χ4n) is 2.70. The molecule has 0 fully saturated rings. The van der Waals surface area contributed by atoms with Gasteiger partial charge in [0.05, 0.1) is 29.1 Å². The normalized spacial score (nSPS) is 14.9. The maximum Gasteiger partial charge on any atom is 0.341 e. The second-order valence-electron chi connectivity index (χ2n) is 6.02. The highest BCUT2D eigenvalue weighted by Gasteiger charge is 2.30. The van der Waals surface area contributed by atoms with Gasteiger partial charge in [0.1, 0.15) is 0 Å². The fraction of sp³-hybridized carbons (Fsp3) is 0.150. The zero-order valence-corrected chi connectivity index (χ0v) is 17.8. The average molecular weight is 480 g/mol. The van der Waals surface area contributed by atoms with Crippen molar-refractivity contribution in [1.82, 2.24) is 0 Å². The van der Waals surface area contributed by atoms with Gasteiger partial charge >= 0.3 is 5.97 Å². The Kier molecular flexibility index (Phi) is 6.24. The second kappa shape index (κ2) is 8.67. The number of methoxy groups -OCH3 is 1. The minimum Gasteiger partial charge on any atom is -0.493 e. The molecular formula is C20H16BrClN2O5. The van der Waals surface area contributed by atoms with Crippen molar-refractivity contribution in [3.8, 4) is 11.5 Å². The third kappa shape index (κ3) is 4.44. The molecule has 150 valence electrons. The molecule has 0 saturated carbocycles. The van der Waals surface area contributed by atoms with Crippen LogP contribution in [0, 0.1) is 0 Å². The van der Waals surface area contributed by atoms with Gasteiger partial charge in [-0.05, 0) is 42.8 Å². The first-order valence-corrected chi connectivity index (χ1v) is 9.57. The Morgan fingerprint density at radius 2 is 2.03 bits per heavy atom. The standard InChI is InChI=1S/C20H16BrClN2O5/c1-11-13(20(27)24(23-11)16-6-4-3-5-15(16)22)7-12-8-17(28-2)18(9-14(12)21)29-10-19(25)26/h3-9H,10H2,1-2H3,(H,25,26). The van der Waals surface area contributed by atoms with E-state index >= 15 is 0 Å². The Bertz CT molecular complexity index is 1050. The van der Waals surface area contributed by atoms with Crippen LogP contribution in [-0.2, 0) is 9.59 Å². The van der Waals surface area contributed by atoms with Gasteiger partial charge in [0.2, 0.25) is 0 Å². The summed E-state index contributed by atoms with van der Waals surface area (Å²) in [6.07, 6.45) is 1.67. The number of amides is 1. The third-order valence-corrected chi connectivity index (χ3v) is 5.08. The summed E-state index contributed by atoms with van der Waals surface area (Å²) in [5, 5.41) is 14.8. The van der Waals surface area contributed by atoms with E-state index in [9.17, 15) is 9.59 Å². The Balaban J connectivity index is 1.96. The van der Waals surface area contributed by atoms with E-state index in [0.717, 1.165) is 0 Å². The average Bonchev–Trinajstić information content (AvgIpc) is 2.96. The summed E-state index contributed by atoms with van der Waals surface area (Å²) in [5.74, 6) is -0.806. The molecule has 2 aromatic rings. The molecule has 0 aliphatic carbocycles. The molecule has 1 amide bonds. The van der Waals surface area contributed by atoms with Crippen LogP contribution < -0.4 is 14.5 Å². The van der Waals surface area contributed by atoms with Gasteiger partial charge < -0.3 is 14.6 Å². The zero-order valence-electron chi connectivity index (χ0n) is 15.5. The van der Waals surface area contributed by atoms with Gasteiger partial charge in [-0.3, -0.25) is 4.79 Å². The third-order valence-electron chi connectivity index (χ3n) is 4.08. The summed E-state index contributed by atoms with van der Waals surface area (Å²) < 4.78 is 11.1. The number of aliphatic carboxylic acids is 1. The molecule has 7 nitrogen and oxygen atoms in total. The number of carbonyl (C=O) groups excluding carboxylic acids is 1. The molecule has 29 heavy (non-hydrogen) atoms. The minimum atomic E-state index is -1.10. The number of carbonyl (C=O) groups is 2. The van der Waals surface area contributed by atoms with E-state index in [1.165, 1.54) is 12.1 Å². The molecule has 0 aromatic heterocycles. The van der Waals surface area contributed by atoms with Crippen molar-refractivity contribution < 1.29 is 24.2 Å². The molecule has 1 aliphatic rings. The van der Waals surface area contributed by atoms with Crippen LogP contribution in [0.5, 0.6) is 11.5 Å². The number of para-hydroxylation sites is 1. The molecule has 0 unspecified atom stereocenters. The highest BCUT2D eigenvalue weighted by Crippen LogP contribution is 2.36. The predicted octanol–water partition coefficient (Wildman–Crippen LogP) is 4.38. The van der Waals surface area contributed by atoms with Crippen LogP contribution in [0.2, 0.25) is 5.02 Å². The van der Waals surface area contributed by atoms with E-state index in [1.54, 1.807) is 49.4 Å². The molecule has 1 aliphatic heterocycles. The molecular weight excluding hydrogens is 464 g/mol. The van der Waals surface area contributed by atoms with E-state index in [2.05, 4.69) is 21.0 Å². The summed E-state index contributed by atoms with van der Waals surface area (Å²) in [7, 11) is 1.44. The van der Waals surface area contributed by atoms with Crippen molar-refractivity contribution in [2.24, 2.45) is 5.10 Å². The number of rotatable bonds is 6. The van der Waals surface area contributed by atoms with Crippen LogP contribution in [0.1, 0.15) is 12.5 Å². The number of hydrogen-bond acceptors (Lipinski definition) is 5. The van der Waals surface area contributed by atoms with Crippen LogP contribution in [0.25, 0.3) is 6.08 Å². The molecule has 3 rings (SSSR count). The lowest BCUT2D eigenvalue weighted by molar-refractivity contribution is -0.139. The highest BCUT2D eigenvalue weighted by atomic mass is 79.9. The molecule has 9 heteroatoms. The topological polar surface area (TPSA) is 88.4 Å². The molecule has 1 heterocycles. The molecule has 0 spiro atoms. The van der Waals surface area contributed by atoms with Crippen LogP contribution >= 0.6 is 27.5 Å².